The van der Waals surface area contributed by atoms with Crippen LogP contribution in [0.5, 0.6) is 5.75 Å². The molecule has 0 atom stereocenters. The number of benzene rings is 1. The molecule has 0 spiro atoms. The number of hydrogen-bond donors (Lipinski definition) is 2. The minimum Gasteiger partial charge on any atom is -0.489 e. The van der Waals surface area contributed by atoms with Crippen LogP contribution < -0.4 is 15.4 Å². The molecule has 2 aromatic rings. The van der Waals surface area contributed by atoms with Crippen molar-refractivity contribution in [2.75, 3.05) is 17.2 Å². The number of aromatic nitrogens is 2. The average molecular weight is 300 g/mol. The fourth-order valence-electron chi connectivity index (χ4n) is 1.96. The third kappa shape index (κ3) is 4.91. The Labute approximate surface area is 132 Å². The lowest BCUT2D eigenvalue weighted by molar-refractivity contribution is 0.244. The van der Waals surface area contributed by atoms with Gasteiger partial charge in [0.05, 0.1) is 11.8 Å². The van der Waals surface area contributed by atoms with Crippen LogP contribution in [0.4, 0.5) is 17.5 Å². The first kappa shape index (κ1) is 16.1. The standard InChI is InChI=1S/C17H24N4O/c1-4-5-11-18-17-19-12-10-16(21-17)20-14-8-6-7-9-15(14)22-13(2)3/h6-10,12-13H,4-5,11H2,1-3H3,(H2,18,19,20,21). The maximum absolute atomic E-state index is 5.81. The highest BCUT2D eigenvalue weighted by Gasteiger charge is 2.06. The van der Waals surface area contributed by atoms with Gasteiger partial charge in [-0.15, -0.1) is 0 Å². The van der Waals surface area contributed by atoms with Gasteiger partial charge >= 0.3 is 0 Å². The summed E-state index contributed by atoms with van der Waals surface area (Å²) < 4.78 is 5.81. The molecule has 0 radical (unpaired) electrons. The maximum atomic E-state index is 5.81. The normalized spacial score (nSPS) is 10.5. The van der Waals surface area contributed by atoms with Gasteiger partial charge in [0.1, 0.15) is 11.6 Å². The first-order valence-corrected chi connectivity index (χ1v) is 7.78. The molecule has 5 nitrogen and oxygen atoms in total. The average Bonchev–Trinajstić information content (AvgIpc) is 2.49. The summed E-state index contributed by atoms with van der Waals surface area (Å²) in [5, 5.41) is 6.52. The van der Waals surface area contributed by atoms with Crippen LogP contribution >= 0.6 is 0 Å². The number of nitrogens with zero attached hydrogens (tertiary/aromatic N) is 2. The van der Waals surface area contributed by atoms with Crippen molar-refractivity contribution in [3.63, 3.8) is 0 Å². The van der Waals surface area contributed by atoms with Crippen LogP contribution in [0.1, 0.15) is 33.6 Å². The highest BCUT2D eigenvalue weighted by Crippen LogP contribution is 2.27. The van der Waals surface area contributed by atoms with Crippen LogP contribution in [-0.2, 0) is 0 Å². The fraction of sp³-hybridized carbons (Fsp3) is 0.412. The van der Waals surface area contributed by atoms with E-state index in [-0.39, 0.29) is 6.10 Å². The molecule has 2 rings (SSSR count). The van der Waals surface area contributed by atoms with Crippen LogP contribution in [0, 0.1) is 0 Å². The quantitative estimate of drug-likeness (QED) is 0.715. The maximum Gasteiger partial charge on any atom is 0.224 e. The van der Waals surface area contributed by atoms with Crippen molar-refractivity contribution < 1.29 is 4.74 Å². The summed E-state index contributed by atoms with van der Waals surface area (Å²) in [6, 6.07) is 9.70. The largest absolute Gasteiger partial charge is 0.489 e. The van der Waals surface area contributed by atoms with Crippen molar-refractivity contribution in [2.24, 2.45) is 0 Å². The summed E-state index contributed by atoms with van der Waals surface area (Å²) >= 11 is 0. The van der Waals surface area contributed by atoms with Gasteiger partial charge in [0.2, 0.25) is 5.95 Å². The summed E-state index contributed by atoms with van der Waals surface area (Å²) in [5.41, 5.74) is 0.898. The molecule has 0 saturated carbocycles. The van der Waals surface area contributed by atoms with E-state index in [0.717, 1.165) is 36.6 Å². The summed E-state index contributed by atoms with van der Waals surface area (Å²) in [6.07, 6.45) is 4.12. The zero-order valence-corrected chi connectivity index (χ0v) is 13.5. The van der Waals surface area contributed by atoms with Gasteiger partial charge in [0.25, 0.3) is 0 Å². The SMILES string of the molecule is CCCCNc1nccc(Nc2ccccc2OC(C)C)n1. The van der Waals surface area contributed by atoms with Gasteiger partial charge in [-0.1, -0.05) is 25.5 Å². The predicted molar refractivity (Wildman–Crippen MR) is 90.9 cm³/mol. The van der Waals surface area contributed by atoms with Crippen LogP contribution in [-0.4, -0.2) is 22.6 Å². The van der Waals surface area contributed by atoms with Gasteiger partial charge in [-0.3, -0.25) is 0 Å². The Morgan fingerprint density at radius 1 is 1.18 bits per heavy atom. The van der Waals surface area contributed by atoms with Gasteiger partial charge in [-0.05, 0) is 38.5 Å². The molecule has 22 heavy (non-hydrogen) atoms. The third-order valence-corrected chi connectivity index (χ3v) is 2.98. The fourth-order valence-corrected chi connectivity index (χ4v) is 1.96. The molecule has 0 bridgehead atoms. The first-order valence-electron chi connectivity index (χ1n) is 7.78. The Hall–Kier alpha value is -2.30. The number of para-hydroxylation sites is 2. The van der Waals surface area contributed by atoms with Crippen LogP contribution in [0.2, 0.25) is 0 Å². The van der Waals surface area contributed by atoms with E-state index in [0.29, 0.717) is 5.95 Å². The van der Waals surface area contributed by atoms with Crippen molar-refractivity contribution in [1.29, 1.82) is 0 Å². The molecule has 0 fully saturated rings. The van der Waals surface area contributed by atoms with Crippen LogP contribution in [0.15, 0.2) is 36.5 Å². The molecular formula is C17H24N4O. The highest BCUT2D eigenvalue weighted by atomic mass is 16.5. The van der Waals surface area contributed by atoms with E-state index in [2.05, 4.69) is 27.5 Å². The summed E-state index contributed by atoms with van der Waals surface area (Å²) in [6.45, 7) is 7.06. The number of anilines is 3. The van der Waals surface area contributed by atoms with E-state index in [4.69, 9.17) is 4.74 Å². The molecule has 1 aromatic heterocycles. The van der Waals surface area contributed by atoms with E-state index in [9.17, 15) is 0 Å². The lowest BCUT2D eigenvalue weighted by atomic mass is 10.3. The molecule has 0 aliphatic rings. The zero-order valence-electron chi connectivity index (χ0n) is 13.5. The Kier molecular flexibility index (Phi) is 6.01. The smallest absolute Gasteiger partial charge is 0.224 e. The first-order chi connectivity index (χ1) is 10.7. The monoisotopic (exact) mass is 300 g/mol. The number of rotatable bonds is 8. The number of nitrogens with one attached hydrogen (secondary N) is 2. The van der Waals surface area contributed by atoms with E-state index in [1.807, 2.05) is 44.2 Å². The van der Waals surface area contributed by atoms with Gasteiger partial charge in [-0.25, -0.2) is 4.98 Å². The summed E-state index contributed by atoms with van der Waals surface area (Å²) in [7, 11) is 0. The molecule has 0 unspecified atom stereocenters. The summed E-state index contributed by atoms with van der Waals surface area (Å²) in [5.74, 6) is 2.20. The van der Waals surface area contributed by atoms with Crippen molar-refractivity contribution in [2.45, 2.75) is 39.7 Å². The van der Waals surface area contributed by atoms with Crippen molar-refractivity contribution in [1.82, 2.24) is 9.97 Å². The zero-order chi connectivity index (χ0) is 15.8. The number of ether oxygens (including phenoxy) is 1. The Bertz CT molecular complexity index is 586. The van der Waals surface area contributed by atoms with Crippen molar-refractivity contribution >= 4 is 17.5 Å². The lowest BCUT2D eigenvalue weighted by Crippen LogP contribution is -2.08. The Balaban J connectivity index is 2.09. The van der Waals surface area contributed by atoms with Crippen molar-refractivity contribution in [3.8, 4) is 5.75 Å². The molecular weight excluding hydrogens is 276 g/mol. The minimum atomic E-state index is 0.125. The van der Waals surface area contributed by atoms with Gasteiger partial charge in [0.15, 0.2) is 0 Å². The predicted octanol–water partition coefficient (Wildman–Crippen LogP) is 4.22. The molecule has 5 heteroatoms. The third-order valence-electron chi connectivity index (χ3n) is 2.98. The van der Waals surface area contributed by atoms with Gasteiger partial charge in [0, 0.05) is 12.7 Å². The number of hydrogen-bond acceptors (Lipinski definition) is 5. The Morgan fingerprint density at radius 3 is 2.77 bits per heavy atom. The second-order valence-electron chi connectivity index (χ2n) is 5.33. The molecule has 0 amide bonds. The topological polar surface area (TPSA) is 59.1 Å². The summed E-state index contributed by atoms with van der Waals surface area (Å²) in [4.78, 5) is 8.70. The second kappa shape index (κ2) is 8.22. The van der Waals surface area contributed by atoms with E-state index in [1.165, 1.54) is 0 Å². The van der Waals surface area contributed by atoms with Crippen LogP contribution in [0.25, 0.3) is 0 Å². The minimum absolute atomic E-state index is 0.125. The molecule has 1 heterocycles. The van der Waals surface area contributed by atoms with E-state index in [1.54, 1.807) is 6.20 Å². The van der Waals surface area contributed by atoms with Crippen molar-refractivity contribution in [3.05, 3.63) is 36.5 Å². The molecule has 1 aromatic carbocycles. The highest BCUT2D eigenvalue weighted by molar-refractivity contribution is 5.64. The van der Waals surface area contributed by atoms with Crippen LogP contribution in [0.3, 0.4) is 0 Å². The molecule has 0 aliphatic heterocycles. The lowest BCUT2D eigenvalue weighted by Gasteiger charge is -2.15. The number of unbranched alkanes of at least 4 members (excludes halogenated alkanes) is 1. The molecule has 0 aliphatic carbocycles. The molecule has 118 valence electrons. The Morgan fingerprint density at radius 2 is 2.00 bits per heavy atom. The van der Waals surface area contributed by atoms with E-state index >= 15 is 0 Å². The van der Waals surface area contributed by atoms with Gasteiger partial charge in [-0.2, -0.15) is 4.98 Å². The van der Waals surface area contributed by atoms with Gasteiger partial charge < -0.3 is 15.4 Å². The molecule has 0 saturated heterocycles. The second-order valence-corrected chi connectivity index (χ2v) is 5.33. The molecule has 2 N–H and O–H groups in total. The van der Waals surface area contributed by atoms with E-state index < -0.39 is 0 Å².